The van der Waals surface area contributed by atoms with E-state index >= 15 is 0 Å². The van der Waals surface area contributed by atoms with Gasteiger partial charge in [-0.25, -0.2) is 9.97 Å². The van der Waals surface area contributed by atoms with Gasteiger partial charge in [0.25, 0.3) is 11.8 Å². The SMILES string of the molecule is [2H]C([2H])([2H])n1c(C(=O)Nc2cccc(-c3cccc(NC(=O)c4nc5c(n4C([2H])([2H])[2H])CCN(CCC46CCC(C(=O)O)(CC4)C6)C5)c3Cl)c2Cl)nc2c1CCN(CCC13CCC(COC)(CC1)C3)C2. The third-order valence-electron chi connectivity index (χ3n) is 16.3. The number of halogens is 2. The Morgan fingerprint density at radius 3 is 1.64 bits per heavy atom. The van der Waals surface area contributed by atoms with Crippen LogP contribution in [0.25, 0.3) is 11.1 Å². The number of anilines is 2. The Balaban J connectivity index is 0.829. The number of benzene rings is 2. The number of methoxy groups -OCH3 is 1. The van der Waals surface area contributed by atoms with Gasteiger partial charge in [-0.05, 0) is 119 Å². The molecule has 0 atom stereocenters. The summed E-state index contributed by atoms with van der Waals surface area (Å²) < 4.78 is 58.1. The van der Waals surface area contributed by atoms with E-state index in [-0.39, 0.29) is 38.5 Å². The maximum Gasteiger partial charge on any atom is 0.309 e. The fourth-order valence-electron chi connectivity index (χ4n) is 12.6. The smallest absolute Gasteiger partial charge is 0.309 e. The maximum absolute atomic E-state index is 14.1. The van der Waals surface area contributed by atoms with E-state index in [9.17, 15) is 19.5 Å². The fraction of sp³-hybridized carbons (Fsp3) is 0.571. The van der Waals surface area contributed by atoms with Crippen LogP contribution in [0.4, 0.5) is 11.4 Å². The summed E-state index contributed by atoms with van der Waals surface area (Å²) in [5.74, 6) is -2.71. The lowest BCUT2D eigenvalue weighted by Gasteiger charge is -2.32. The highest BCUT2D eigenvalue weighted by atomic mass is 35.5. The zero-order valence-electron chi connectivity index (χ0n) is 42.3. The third kappa shape index (κ3) is 7.66. The summed E-state index contributed by atoms with van der Waals surface area (Å²) in [4.78, 5) is 54.0. The maximum atomic E-state index is 14.1. The highest BCUT2D eigenvalue weighted by molar-refractivity contribution is 6.40. The van der Waals surface area contributed by atoms with Crippen LogP contribution in [0.5, 0.6) is 0 Å². The zero-order valence-corrected chi connectivity index (χ0v) is 37.8. The first-order valence-electron chi connectivity index (χ1n) is 25.7. The molecule has 0 unspecified atom stereocenters. The minimum absolute atomic E-state index is 0.00722. The molecule has 6 aliphatic rings. The summed E-state index contributed by atoms with van der Waals surface area (Å²) in [6, 6.07) is 9.87. The van der Waals surface area contributed by atoms with Crippen molar-refractivity contribution < 1.29 is 32.5 Å². The largest absolute Gasteiger partial charge is 0.481 e. The van der Waals surface area contributed by atoms with E-state index < -0.39 is 37.2 Å². The quantitative estimate of drug-likeness (QED) is 0.113. The van der Waals surface area contributed by atoms with Crippen molar-refractivity contribution in [1.82, 2.24) is 28.9 Å². The average molecular weight is 918 g/mol. The average Bonchev–Trinajstić information content (AvgIpc) is 4.17. The number of carboxylic acids is 1. The molecule has 3 N–H and O–H groups in total. The summed E-state index contributed by atoms with van der Waals surface area (Å²) in [5, 5.41) is 15.7. The molecule has 2 aliphatic heterocycles. The van der Waals surface area contributed by atoms with Crippen LogP contribution in [0.15, 0.2) is 36.4 Å². The summed E-state index contributed by atoms with van der Waals surface area (Å²) in [7, 11) is 1.78. The van der Waals surface area contributed by atoms with Gasteiger partial charge in [0.05, 0.1) is 44.8 Å². The second-order valence-electron chi connectivity index (χ2n) is 20.0. The number of aromatic nitrogens is 4. The van der Waals surface area contributed by atoms with Crippen LogP contribution in [0.2, 0.25) is 10.0 Å². The van der Waals surface area contributed by atoms with Gasteiger partial charge in [0, 0.05) is 90.8 Å². The van der Waals surface area contributed by atoms with Crippen molar-refractivity contribution in [2.75, 3.05) is 50.5 Å². The molecule has 15 heteroatoms. The van der Waals surface area contributed by atoms with E-state index in [0.29, 0.717) is 103 Å². The van der Waals surface area contributed by atoms with Gasteiger partial charge >= 0.3 is 5.97 Å². The van der Waals surface area contributed by atoms with Crippen molar-refractivity contribution in [1.29, 1.82) is 0 Å². The number of imidazole rings is 2. The highest BCUT2D eigenvalue weighted by Gasteiger charge is 2.58. The van der Waals surface area contributed by atoms with Crippen molar-refractivity contribution in [3.63, 3.8) is 0 Å². The fourth-order valence-corrected chi connectivity index (χ4v) is 13.2. The van der Waals surface area contributed by atoms with Crippen LogP contribution in [0.3, 0.4) is 0 Å². The molecule has 340 valence electrons. The predicted molar refractivity (Wildman–Crippen MR) is 247 cm³/mol. The van der Waals surface area contributed by atoms with Gasteiger partial charge in [0.2, 0.25) is 0 Å². The second kappa shape index (κ2) is 16.6. The lowest BCUT2D eigenvalue weighted by atomic mass is 9.80. The lowest BCUT2D eigenvalue weighted by molar-refractivity contribution is -0.148. The monoisotopic (exact) mass is 916 g/mol. The van der Waals surface area contributed by atoms with Gasteiger partial charge in [0.1, 0.15) is 0 Å². The van der Waals surface area contributed by atoms with Crippen LogP contribution in [0, 0.1) is 21.7 Å². The van der Waals surface area contributed by atoms with Gasteiger partial charge in [-0.1, -0.05) is 47.5 Å². The number of fused-ring (bicyclic) bond motifs is 6. The van der Waals surface area contributed by atoms with Gasteiger partial charge in [-0.3, -0.25) is 24.2 Å². The Morgan fingerprint density at radius 1 is 0.719 bits per heavy atom. The number of hydrogen-bond donors (Lipinski definition) is 3. The molecule has 13 nitrogen and oxygen atoms in total. The minimum atomic E-state index is -2.70. The van der Waals surface area contributed by atoms with Crippen molar-refractivity contribution >= 4 is 52.4 Å². The Kier molecular flexibility index (Phi) is 9.54. The van der Waals surface area contributed by atoms with Gasteiger partial charge in [-0.15, -0.1) is 0 Å². The van der Waals surface area contributed by atoms with E-state index in [1.54, 1.807) is 43.5 Å². The van der Waals surface area contributed by atoms with E-state index in [0.717, 1.165) is 54.5 Å². The first-order valence-corrected chi connectivity index (χ1v) is 23.5. The Labute approximate surface area is 393 Å². The first kappa shape index (κ1) is 36.9. The number of carboxylic acid groups (broad SMARTS) is 1. The summed E-state index contributed by atoms with van der Waals surface area (Å²) in [6.45, 7) is -0.925. The van der Waals surface area contributed by atoms with Gasteiger partial charge < -0.3 is 29.6 Å². The molecule has 10 rings (SSSR count). The number of hydrogen-bond acceptors (Lipinski definition) is 8. The summed E-state index contributed by atoms with van der Waals surface area (Å²) >= 11 is 14.0. The molecular formula is C49H60Cl2N8O5. The Bertz CT molecular complexity index is 2740. The van der Waals surface area contributed by atoms with Crippen molar-refractivity contribution in [3.8, 4) is 11.1 Å². The molecule has 2 amide bonds. The molecule has 0 saturated heterocycles. The molecule has 4 aromatic rings. The summed E-state index contributed by atoms with van der Waals surface area (Å²) in [5.41, 5.74) is 3.26. The van der Waals surface area contributed by atoms with Crippen LogP contribution >= 0.6 is 23.2 Å². The standard InChI is InChI=1S/C49H60Cl2N8O5/c1-56-37-10-22-58(24-20-46-12-14-48(28-46,15-13-46)30-64-3)26-35(37)52-41(56)43(60)54-33-8-4-6-31(39(33)50)32-7-5-9-34(40(32)51)55-44(61)42-53-36-27-59(23-11-38(36)57(42)2)25-21-47-16-18-49(29-47,19-17-47)45(62)63/h4-9H,10-30H2,1-3H3,(H,54,60)(H,55,61)(H,62,63)/i1D3,2D3. The van der Waals surface area contributed by atoms with Gasteiger partial charge in [-0.2, -0.15) is 0 Å². The van der Waals surface area contributed by atoms with Gasteiger partial charge in [0.15, 0.2) is 11.6 Å². The van der Waals surface area contributed by atoms with E-state index in [2.05, 4.69) is 30.4 Å². The molecule has 0 spiro atoms. The molecule has 0 radical (unpaired) electrons. The number of nitrogens with one attached hydrogen (secondary N) is 2. The number of carbonyl (C=O) groups is 3. The van der Waals surface area contributed by atoms with Crippen LogP contribution in [0.1, 0.15) is 129 Å². The molecule has 4 heterocycles. The molecule has 4 saturated carbocycles. The normalized spacial score (nSPS) is 29.0. The van der Waals surface area contributed by atoms with E-state index in [1.165, 1.54) is 32.1 Å². The Morgan fingerprint density at radius 2 is 1.19 bits per heavy atom. The lowest BCUT2D eigenvalue weighted by Crippen LogP contribution is -2.34. The number of rotatable bonds is 14. The molecule has 64 heavy (non-hydrogen) atoms. The van der Waals surface area contributed by atoms with Crippen molar-refractivity contribution in [2.45, 2.75) is 103 Å². The number of amides is 2. The first-order chi connectivity index (χ1) is 33.2. The van der Waals surface area contributed by atoms with Crippen LogP contribution in [-0.4, -0.2) is 91.7 Å². The van der Waals surface area contributed by atoms with E-state index in [4.69, 9.17) is 36.2 Å². The molecule has 2 aromatic heterocycles. The summed E-state index contributed by atoms with van der Waals surface area (Å²) in [6.07, 6.45) is 12.6. The molecule has 2 aromatic carbocycles. The van der Waals surface area contributed by atoms with Crippen LogP contribution in [-0.2, 0) is 49.4 Å². The number of aliphatic carboxylic acids is 1. The van der Waals surface area contributed by atoms with E-state index in [1.807, 2.05) is 0 Å². The minimum Gasteiger partial charge on any atom is -0.481 e. The van der Waals surface area contributed by atoms with Crippen molar-refractivity contribution in [3.05, 3.63) is 80.9 Å². The molecule has 4 bridgehead atoms. The third-order valence-corrected chi connectivity index (χ3v) is 17.1. The predicted octanol–water partition coefficient (Wildman–Crippen LogP) is 8.76. The number of ether oxygens (including phenoxy) is 1. The number of carbonyl (C=O) groups excluding carboxylic acids is 2. The molecule has 4 fully saturated rings. The topological polar surface area (TPSA) is 147 Å². The van der Waals surface area contributed by atoms with Crippen LogP contribution < -0.4 is 10.6 Å². The highest BCUT2D eigenvalue weighted by Crippen LogP contribution is 2.64. The molecule has 4 aliphatic carbocycles. The zero-order chi connectivity index (χ0) is 49.6. The molecular weight excluding hydrogens is 851 g/mol. The number of nitrogens with zero attached hydrogens (tertiary/aromatic N) is 6. The van der Waals surface area contributed by atoms with Crippen molar-refractivity contribution in [2.24, 2.45) is 35.6 Å². The second-order valence-corrected chi connectivity index (χ2v) is 20.8. The Hall–Kier alpha value is -4.27.